The molecule has 0 radical (unpaired) electrons. The van der Waals surface area contributed by atoms with Gasteiger partial charge in [0.1, 0.15) is 12.4 Å². The van der Waals surface area contributed by atoms with Crippen molar-refractivity contribution in [3.05, 3.63) is 60.2 Å². The Morgan fingerprint density at radius 1 is 1.04 bits per heavy atom. The molecule has 1 heterocycles. The van der Waals surface area contributed by atoms with Gasteiger partial charge in [-0.1, -0.05) is 30.3 Å². The van der Waals surface area contributed by atoms with Gasteiger partial charge in [-0.2, -0.15) is 0 Å². The summed E-state index contributed by atoms with van der Waals surface area (Å²) in [6.07, 6.45) is 0. The first-order valence-corrected chi connectivity index (χ1v) is 9.19. The molecule has 0 unspecified atom stereocenters. The van der Waals surface area contributed by atoms with E-state index in [1.165, 1.54) is 11.3 Å². The normalized spacial score (nSPS) is 14.9. The minimum absolute atomic E-state index is 0.0611. The number of hydrogen-bond donors (Lipinski definition) is 1. The predicted octanol–water partition coefficient (Wildman–Crippen LogP) is 2.31. The third kappa shape index (κ3) is 5.49. The number of rotatable bonds is 7. The smallest absolute Gasteiger partial charge is 0.234 e. The van der Waals surface area contributed by atoms with Crippen molar-refractivity contribution in [2.75, 3.05) is 50.8 Å². The minimum atomic E-state index is 0.0611. The fourth-order valence-corrected chi connectivity index (χ4v) is 3.13. The average molecular weight is 353 g/mol. The molecule has 5 nitrogen and oxygen atoms in total. The van der Waals surface area contributed by atoms with Crippen LogP contribution in [0.15, 0.2) is 54.6 Å². The van der Waals surface area contributed by atoms with Crippen LogP contribution >= 0.6 is 0 Å². The number of ether oxygens (including phenoxy) is 1. The van der Waals surface area contributed by atoms with Gasteiger partial charge in [0, 0.05) is 31.9 Å². The van der Waals surface area contributed by atoms with Gasteiger partial charge in [0.2, 0.25) is 5.91 Å². The second kappa shape index (κ2) is 9.25. The Morgan fingerprint density at radius 2 is 1.81 bits per heavy atom. The van der Waals surface area contributed by atoms with Crippen molar-refractivity contribution in [2.45, 2.75) is 6.92 Å². The summed E-state index contributed by atoms with van der Waals surface area (Å²) in [5.74, 6) is 0.905. The number of nitrogens with zero attached hydrogens (tertiary/aromatic N) is 2. The van der Waals surface area contributed by atoms with Crippen LogP contribution in [0.4, 0.5) is 5.69 Å². The van der Waals surface area contributed by atoms with Gasteiger partial charge in [0.25, 0.3) is 0 Å². The average Bonchev–Trinajstić information content (AvgIpc) is 2.67. The molecule has 0 aliphatic carbocycles. The molecule has 3 rings (SSSR count). The monoisotopic (exact) mass is 353 g/mol. The molecule has 26 heavy (non-hydrogen) atoms. The topological polar surface area (TPSA) is 44.8 Å². The largest absolute Gasteiger partial charge is 0.492 e. The molecule has 5 heteroatoms. The van der Waals surface area contributed by atoms with Gasteiger partial charge in [-0.05, 0) is 36.8 Å². The molecule has 2 aromatic carbocycles. The number of carbonyl (C=O) groups excluding carboxylic acids is 1. The summed E-state index contributed by atoms with van der Waals surface area (Å²) < 4.78 is 5.66. The van der Waals surface area contributed by atoms with Crippen molar-refractivity contribution in [3.63, 3.8) is 0 Å². The van der Waals surface area contributed by atoms with Crippen LogP contribution in [0.2, 0.25) is 0 Å². The summed E-state index contributed by atoms with van der Waals surface area (Å²) in [6, 6.07) is 18.4. The van der Waals surface area contributed by atoms with Crippen molar-refractivity contribution in [2.24, 2.45) is 0 Å². The molecular weight excluding hydrogens is 326 g/mol. The first-order chi connectivity index (χ1) is 12.7. The molecule has 138 valence electrons. The standard InChI is InChI=1S/C21H27N3O2/c1-18-6-5-9-20(16-18)26-15-10-22-21(25)17-23-11-13-24(14-12-23)19-7-3-2-4-8-19/h2-9,16H,10-15,17H2,1H3,(H,22,25). The molecule has 1 aliphatic rings. The van der Waals surface area contributed by atoms with E-state index in [1.807, 2.05) is 37.3 Å². The van der Waals surface area contributed by atoms with Gasteiger partial charge in [-0.25, -0.2) is 0 Å². The second-order valence-electron chi connectivity index (χ2n) is 6.61. The van der Waals surface area contributed by atoms with Crippen LogP contribution in [-0.2, 0) is 4.79 Å². The Balaban J connectivity index is 1.32. The second-order valence-corrected chi connectivity index (χ2v) is 6.61. The van der Waals surface area contributed by atoms with Crippen LogP contribution in [0.5, 0.6) is 5.75 Å². The zero-order valence-corrected chi connectivity index (χ0v) is 15.4. The Labute approximate surface area is 155 Å². The highest BCUT2D eigenvalue weighted by Crippen LogP contribution is 2.15. The summed E-state index contributed by atoms with van der Waals surface area (Å²) in [5, 5.41) is 2.94. The molecule has 0 spiro atoms. The van der Waals surface area contributed by atoms with Crippen molar-refractivity contribution in [1.82, 2.24) is 10.2 Å². The number of nitrogens with one attached hydrogen (secondary N) is 1. The predicted molar refractivity (Wildman–Crippen MR) is 105 cm³/mol. The Morgan fingerprint density at radius 3 is 2.54 bits per heavy atom. The van der Waals surface area contributed by atoms with E-state index in [0.29, 0.717) is 19.7 Å². The number of carbonyl (C=O) groups is 1. The van der Waals surface area contributed by atoms with E-state index in [1.54, 1.807) is 0 Å². The molecular formula is C21H27N3O2. The van der Waals surface area contributed by atoms with Crippen molar-refractivity contribution in [1.29, 1.82) is 0 Å². The highest BCUT2D eigenvalue weighted by molar-refractivity contribution is 5.78. The van der Waals surface area contributed by atoms with Crippen LogP contribution < -0.4 is 15.0 Å². The molecule has 2 aromatic rings. The van der Waals surface area contributed by atoms with E-state index in [0.717, 1.165) is 31.9 Å². The molecule has 0 aromatic heterocycles. The van der Waals surface area contributed by atoms with E-state index in [2.05, 4.69) is 39.4 Å². The fourth-order valence-electron chi connectivity index (χ4n) is 3.13. The zero-order chi connectivity index (χ0) is 18.2. The lowest BCUT2D eigenvalue weighted by Gasteiger charge is -2.35. The highest BCUT2D eigenvalue weighted by atomic mass is 16.5. The van der Waals surface area contributed by atoms with E-state index in [-0.39, 0.29) is 5.91 Å². The summed E-state index contributed by atoms with van der Waals surface area (Å²) in [7, 11) is 0. The Hall–Kier alpha value is -2.53. The molecule has 1 N–H and O–H groups in total. The summed E-state index contributed by atoms with van der Waals surface area (Å²) in [5.41, 5.74) is 2.42. The van der Waals surface area contributed by atoms with Gasteiger partial charge in [-0.15, -0.1) is 0 Å². The summed E-state index contributed by atoms with van der Waals surface area (Å²) in [4.78, 5) is 16.7. The van der Waals surface area contributed by atoms with Crippen LogP contribution in [0.25, 0.3) is 0 Å². The summed E-state index contributed by atoms with van der Waals surface area (Å²) in [6.45, 7) is 7.21. The number of amides is 1. The van der Waals surface area contributed by atoms with Crippen LogP contribution in [0.3, 0.4) is 0 Å². The van der Waals surface area contributed by atoms with Crippen molar-refractivity contribution < 1.29 is 9.53 Å². The van der Waals surface area contributed by atoms with Crippen LogP contribution in [-0.4, -0.2) is 56.7 Å². The first kappa shape index (κ1) is 18.3. The quantitative estimate of drug-likeness (QED) is 0.776. The SMILES string of the molecule is Cc1cccc(OCCNC(=O)CN2CCN(c3ccccc3)CC2)c1. The van der Waals surface area contributed by atoms with Gasteiger partial charge in [0.05, 0.1) is 13.1 Å². The van der Waals surface area contributed by atoms with Crippen LogP contribution in [0.1, 0.15) is 5.56 Å². The first-order valence-electron chi connectivity index (χ1n) is 9.19. The molecule has 0 atom stereocenters. The molecule has 1 amide bonds. The molecule has 1 aliphatic heterocycles. The number of hydrogen-bond acceptors (Lipinski definition) is 4. The maximum absolute atomic E-state index is 12.1. The third-order valence-corrected chi connectivity index (χ3v) is 4.54. The number of piperazine rings is 1. The van der Waals surface area contributed by atoms with E-state index >= 15 is 0 Å². The Kier molecular flexibility index (Phi) is 6.50. The van der Waals surface area contributed by atoms with Gasteiger partial charge >= 0.3 is 0 Å². The van der Waals surface area contributed by atoms with E-state index in [4.69, 9.17) is 4.74 Å². The lowest BCUT2D eigenvalue weighted by Crippen LogP contribution is -2.49. The van der Waals surface area contributed by atoms with Gasteiger partial charge in [0.15, 0.2) is 0 Å². The lowest BCUT2D eigenvalue weighted by molar-refractivity contribution is -0.122. The molecule has 0 bridgehead atoms. The maximum atomic E-state index is 12.1. The van der Waals surface area contributed by atoms with Gasteiger partial charge < -0.3 is 15.0 Å². The highest BCUT2D eigenvalue weighted by Gasteiger charge is 2.18. The third-order valence-electron chi connectivity index (χ3n) is 4.54. The molecule has 1 fully saturated rings. The molecule has 1 saturated heterocycles. The van der Waals surface area contributed by atoms with E-state index < -0.39 is 0 Å². The molecule has 0 saturated carbocycles. The van der Waals surface area contributed by atoms with E-state index in [9.17, 15) is 4.79 Å². The van der Waals surface area contributed by atoms with Crippen molar-refractivity contribution in [3.8, 4) is 5.75 Å². The number of para-hydroxylation sites is 1. The van der Waals surface area contributed by atoms with Crippen LogP contribution in [0, 0.1) is 6.92 Å². The number of benzene rings is 2. The maximum Gasteiger partial charge on any atom is 0.234 e. The minimum Gasteiger partial charge on any atom is -0.492 e. The summed E-state index contributed by atoms with van der Waals surface area (Å²) >= 11 is 0. The van der Waals surface area contributed by atoms with Crippen molar-refractivity contribution >= 4 is 11.6 Å². The fraction of sp³-hybridized carbons (Fsp3) is 0.381. The zero-order valence-electron chi connectivity index (χ0n) is 15.4. The number of aryl methyl sites for hydroxylation is 1. The number of anilines is 1. The van der Waals surface area contributed by atoms with Gasteiger partial charge in [-0.3, -0.25) is 9.69 Å². The lowest BCUT2D eigenvalue weighted by atomic mass is 10.2. The Bertz CT molecular complexity index is 697.